The number of hydrogen-bond donors (Lipinski definition) is 1. The summed E-state index contributed by atoms with van der Waals surface area (Å²) in [6, 6.07) is 15.3. The van der Waals surface area contributed by atoms with Crippen LogP contribution in [0.3, 0.4) is 0 Å². The number of hydrogen-bond acceptors (Lipinski definition) is 3. The van der Waals surface area contributed by atoms with Gasteiger partial charge in [-0.1, -0.05) is 35.9 Å². The zero-order valence-electron chi connectivity index (χ0n) is 14.7. The molecular formula is C20H19N3O2S. The number of anilines is 1. The van der Waals surface area contributed by atoms with Gasteiger partial charge in [0.1, 0.15) is 5.82 Å². The summed E-state index contributed by atoms with van der Waals surface area (Å²) in [7, 11) is -0.959. The molecule has 1 aliphatic heterocycles. The van der Waals surface area contributed by atoms with E-state index in [0.717, 1.165) is 28.1 Å². The van der Waals surface area contributed by atoms with Gasteiger partial charge in [-0.3, -0.25) is 9.00 Å². The summed E-state index contributed by atoms with van der Waals surface area (Å²) in [4.78, 5) is 12.8. The van der Waals surface area contributed by atoms with E-state index in [1.807, 2.05) is 56.3 Å². The summed E-state index contributed by atoms with van der Waals surface area (Å²) in [6.07, 6.45) is 0. The molecule has 0 spiro atoms. The lowest BCUT2D eigenvalue weighted by Gasteiger charge is -2.13. The summed E-state index contributed by atoms with van der Waals surface area (Å²) in [5, 5.41) is 7.65. The molecule has 1 aliphatic rings. The maximum absolute atomic E-state index is 12.8. The van der Waals surface area contributed by atoms with E-state index in [2.05, 4.69) is 10.4 Å². The Morgan fingerprint density at radius 2 is 1.92 bits per heavy atom. The Morgan fingerprint density at radius 3 is 2.69 bits per heavy atom. The van der Waals surface area contributed by atoms with Crippen LogP contribution in [0.15, 0.2) is 48.5 Å². The summed E-state index contributed by atoms with van der Waals surface area (Å²) in [5.41, 5.74) is 5.25. The molecule has 0 bridgehead atoms. The lowest BCUT2D eigenvalue weighted by Crippen LogP contribution is -2.17. The second kappa shape index (κ2) is 6.53. The van der Waals surface area contributed by atoms with Crippen LogP contribution in [-0.4, -0.2) is 19.9 Å². The Bertz CT molecular complexity index is 1040. The van der Waals surface area contributed by atoms with Gasteiger partial charge in [-0.15, -0.1) is 0 Å². The highest BCUT2D eigenvalue weighted by molar-refractivity contribution is 7.83. The summed E-state index contributed by atoms with van der Waals surface area (Å²) < 4.78 is 13.7. The van der Waals surface area contributed by atoms with Crippen LogP contribution in [0.25, 0.3) is 5.69 Å². The van der Waals surface area contributed by atoms with Gasteiger partial charge < -0.3 is 5.32 Å². The molecule has 0 unspecified atom stereocenters. The van der Waals surface area contributed by atoms with Gasteiger partial charge in [0.15, 0.2) is 0 Å². The number of benzene rings is 2. The third-order valence-electron chi connectivity index (χ3n) is 4.53. The van der Waals surface area contributed by atoms with Gasteiger partial charge in [0.05, 0.1) is 22.9 Å². The van der Waals surface area contributed by atoms with Gasteiger partial charge in [-0.05, 0) is 37.6 Å². The van der Waals surface area contributed by atoms with E-state index in [9.17, 15) is 9.00 Å². The number of aryl methyl sites for hydroxylation is 2. The van der Waals surface area contributed by atoms with Crippen LogP contribution in [0.1, 0.15) is 32.7 Å². The van der Waals surface area contributed by atoms with Crippen LogP contribution >= 0.6 is 0 Å². The molecule has 6 heteroatoms. The number of aromatic nitrogens is 2. The predicted octanol–water partition coefficient (Wildman–Crippen LogP) is 3.50. The van der Waals surface area contributed by atoms with Crippen molar-refractivity contribution < 1.29 is 9.00 Å². The highest BCUT2D eigenvalue weighted by atomic mass is 32.2. The molecule has 4 rings (SSSR count). The number of amides is 1. The molecule has 0 aliphatic carbocycles. The van der Waals surface area contributed by atoms with Gasteiger partial charge in [0.2, 0.25) is 0 Å². The first-order chi connectivity index (χ1) is 12.5. The Hall–Kier alpha value is -2.73. The molecular weight excluding hydrogens is 346 g/mol. The van der Waals surface area contributed by atoms with Crippen LogP contribution in [0.4, 0.5) is 5.82 Å². The lowest BCUT2D eigenvalue weighted by atomic mass is 10.1. The van der Waals surface area contributed by atoms with Crippen LogP contribution in [0.2, 0.25) is 0 Å². The Kier molecular flexibility index (Phi) is 4.20. The monoisotopic (exact) mass is 365 g/mol. The van der Waals surface area contributed by atoms with Gasteiger partial charge in [0, 0.05) is 21.9 Å². The van der Waals surface area contributed by atoms with E-state index >= 15 is 0 Å². The zero-order chi connectivity index (χ0) is 18.3. The Morgan fingerprint density at radius 1 is 1.12 bits per heavy atom. The van der Waals surface area contributed by atoms with E-state index in [1.165, 1.54) is 0 Å². The van der Waals surface area contributed by atoms with Crippen LogP contribution in [0.5, 0.6) is 0 Å². The normalized spacial score (nSPS) is 15.7. The van der Waals surface area contributed by atoms with Crippen molar-refractivity contribution >= 4 is 22.5 Å². The van der Waals surface area contributed by atoms with Gasteiger partial charge in [-0.2, -0.15) is 5.10 Å². The Balaban J connectivity index is 1.78. The van der Waals surface area contributed by atoms with Crippen molar-refractivity contribution in [2.24, 2.45) is 0 Å². The fourth-order valence-corrected chi connectivity index (χ4v) is 4.46. The second-order valence-corrected chi connectivity index (χ2v) is 7.98. The molecule has 1 amide bonds. The minimum Gasteiger partial charge on any atom is -0.306 e. The van der Waals surface area contributed by atoms with Crippen LogP contribution in [-0.2, 0) is 22.3 Å². The number of carbonyl (C=O) groups is 1. The average Bonchev–Trinajstić information content (AvgIpc) is 3.12. The van der Waals surface area contributed by atoms with Crippen LogP contribution in [0, 0.1) is 13.8 Å². The first kappa shape index (κ1) is 16.7. The van der Waals surface area contributed by atoms with Crippen molar-refractivity contribution in [2.75, 3.05) is 5.32 Å². The highest BCUT2D eigenvalue weighted by Crippen LogP contribution is 2.32. The van der Waals surface area contributed by atoms with Crippen molar-refractivity contribution in [3.63, 3.8) is 0 Å². The molecule has 132 valence electrons. The molecule has 0 fully saturated rings. The standard InChI is InChI=1S/C20H19N3O2S/c1-13-6-5-8-15(10-13)20(24)21-19-16-11-26(25)12-17(16)22-23(19)18-9-4-3-7-14(18)2/h3-10H,11-12H2,1-2H3,(H,21,24)/t26-/m1/s1. The van der Waals surface area contributed by atoms with Gasteiger partial charge >= 0.3 is 0 Å². The fraction of sp³-hybridized carbons (Fsp3) is 0.200. The van der Waals surface area contributed by atoms with Gasteiger partial charge in [0.25, 0.3) is 5.91 Å². The quantitative estimate of drug-likeness (QED) is 0.773. The number of nitrogens with zero attached hydrogens (tertiary/aromatic N) is 2. The zero-order valence-corrected chi connectivity index (χ0v) is 15.5. The number of carbonyl (C=O) groups excluding carboxylic acids is 1. The average molecular weight is 365 g/mol. The molecule has 1 atom stereocenters. The molecule has 5 nitrogen and oxygen atoms in total. The van der Waals surface area contributed by atoms with E-state index in [1.54, 1.807) is 10.7 Å². The summed E-state index contributed by atoms with van der Waals surface area (Å²) in [5.74, 6) is 1.28. The smallest absolute Gasteiger partial charge is 0.256 e. The third-order valence-corrected chi connectivity index (χ3v) is 5.73. The predicted molar refractivity (Wildman–Crippen MR) is 103 cm³/mol. The molecule has 0 radical (unpaired) electrons. The lowest BCUT2D eigenvalue weighted by molar-refractivity contribution is 0.102. The number of para-hydroxylation sites is 1. The number of fused-ring (bicyclic) bond motifs is 1. The molecule has 1 N–H and O–H groups in total. The van der Waals surface area contributed by atoms with Crippen molar-refractivity contribution in [1.29, 1.82) is 0 Å². The third kappa shape index (κ3) is 2.97. The van der Waals surface area contributed by atoms with Crippen LogP contribution < -0.4 is 5.32 Å². The van der Waals surface area contributed by atoms with Crippen molar-refractivity contribution in [1.82, 2.24) is 9.78 Å². The second-order valence-electron chi connectivity index (χ2n) is 6.52. The number of rotatable bonds is 3. The van der Waals surface area contributed by atoms with Crippen molar-refractivity contribution in [2.45, 2.75) is 25.4 Å². The molecule has 2 aromatic carbocycles. The summed E-state index contributed by atoms with van der Waals surface area (Å²) in [6.45, 7) is 3.96. The molecule has 26 heavy (non-hydrogen) atoms. The van der Waals surface area contributed by atoms with E-state index in [-0.39, 0.29) is 5.91 Å². The SMILES string of the molecule is Cc1cccc(C(=O)Nc2c3c(nn2-c2ccccc2C)C[S@](=O)C3)c1. The molecule has 0 saturated heterocycles. The van der Waals surface area contributed by atoms with Gasteiger partial charge in [-0.25, -0.2) is 4.68 Å². The molecule has 0 saturated carbocycles. The van der Waals surface area contributed by atoms with Crippen molar-refractivity contribution in [3.05, 3.63) is 76.5 Å². The minimum atomic E-state index is -0.959. The minimum absolute atomic E-state index is 0.191. The highest BCUT2D eigenvalue weighted by Gasteiger charge is 2.28. The molecule has 1 aromatic heterocycles. The molecule has 3 aromatic rings. The topological polar surface area (TPSA) is 64.0 Å². The Labute approximate surface area is 154 Å². The largest absolute Gasteiger partial charge is 0.306 e. The van der Waals surface area contributed by atoms with E-state index < -0.39 is 10.8 Å². The fourth-order valence-electron chi connectivity index (χ4n) is 3.20. The van der Waals surface area contributed by atoms with Crippen molar-refractivity contribution in [3.8, 4) is 5.69 Å². The first-order valence-corrected chi connectivity index (χ1v) is 9.91. The maximum Gasteiger partial charge on any atom is 0.256 e. The number of nitrogens with one attached hydrogen (secondary N) is 1. The maximum atomic E-state index is 12.8. The van der Waals surface area contributed by atoms with E-state index in [4.69, 9.17) is 0 Å². The van der Waals surface area contributed by atoms with E-state index in [0.29, 0.717) is 22.9 Å². The molecule has 2 heterocycles. The summed E-state index contributed by atoms with van der Waals surface area (Å²) >= 11 is 0. The first-order valence-electron chi connectivity index (χ1n) is 8.42.